The van der Waals surface area contributed by atoms with E-state index in [0.29, 0.717) is 27.7 Å². The second-order valence-corrected chi connectivity index (χ2v) is 9.42. The molecular formula is C20H15N3O6S2. The van der Waals surface area contributed by atoms with Gasteiger partial charge < -0.3 is 0 Å². The van der Waals surface area contributed by atoms with Gasteiger partial charge in [-0.3, -0.25) is 9.11 Å². The Morgan fingerprint density at radius 2 is 1.45 bits per heavy atom. The molecule has 0 unspecified atom stereocenters. The fraction of sp³-hybridized carbons (Fsp3) is 0. The van der Waals surface area contributed by atoms with Crippen molar-refractivity contribution in [3.63, 3.8) is 0 Å². The van der Waals surface area contributed by atoms with E-state index in [9.17, 15) is 21.4 Å². The second kappa shape index (κ2) is 7.71. The predicted octanol–water partition coefficient (Wildman–Crippen LogP) is 3.29. The maximum absolute atomic E-state index is 12.1. The van der Waals surface area contributed by atoms with Crippen molar-refractivity contribution in [2.75, 3.05) is 0 Å². The van der Waals surface area contributed by atoms with Gasteiger partial charge in [-0.1, -0.05) is 48.6 Å². The normalized spacial score (nSPS) is 12.6. The summed E-state index contributed by atoms with van der Waals surface area (Å²) in [6.07, 6.45) is 3.11. The summed E-state index contributed by atoms with van der Waals surface area (Å²) in [4.78, 5) is -0.568. The number of benzene rings is 3. The molecule has 0 atom stereocenters. The molecule has 3 N–H and O–H groups in total. The van der Waals surface area contributed by atoms with Gasteiger partial charge in [0.1, 0.15) is 15.9 Å². The van der Waals surface area contributed by atoms with Crippen molar-refractivity contribution in [2.24, 2.45) is 0 Å². The molecule has 9 nitrogen and oxygen atoms in total. The number of para-hydroxylation sites is 1. The lowest BCUT2D eigenvalue weighted by Gasteiger charge is -2.09. The number of aromatic amines is 1. The topological polar surface area (TPSA) is 150 Å². The van der Waals surface area contributed by atoms with Crippen LogP contribution in [0.1, 0.15) is 11.1 Å². The third kappa shape index (κ3) is 4.39. The van der Waals surface area contributed by atoms with Gasteiger partial charge >= 0.3 is 0 Å². The smallest absolute Gasteiger partial charge is 0.282 e. The van der Waals surface area contributed by atoms with Gasteiger partial charge in [0.25, 0.3) is 20.2 Å². The fourth-order valence-corrected chi connectivity index (χ4v) is 4.41. The minimum Gasteiger partial charge on any atom is -0.282 e. The van der Waals surface area contributed by atoms with Crippen LogP contribution in [0.5, 0.6) is 0 Å². The van der Waals surface area contributed by atoms with E-state index in [4.69, 9.17) is 4.55 Å². The summed E-state index contributed by atoms with van der Waals surface area (Å²) in [7, 11) is -8.91. The average molecular weight is 457 g/mol. The van der Waals surface area contributed by atoms with Gasteiger partial charge in [-0.15, -0.1) is 0 Å². The van der Waals surface area contributed by atoms with Gasteiger partial charge in [0.15, 0.2) is 0 Å². The number of hydrogen-bond acceptors (Lipinski definition) is 6. The zero-order chi connectivity index (χ0) is 22.2. The summed E-state index contributed by atoms with van der Waals surface area (Å²) in [5.41, 5.74) is 2.66. The summed E-state index contributed by atoms with van der Waals surface area (Å²) in [6, 6.07) is 15.2. The molecular weight excluding hydrogens is 442 g/mol. The summed E-state index contributed by atoms with van der Waals surface area (Å²) in [5.74, 6) is 0. The molecule has 3 aromatic carbocycles. The molecule has 158 valence electrons. The van der Waals surface area contributed by atoms with E-state index in [-0.39, 0.29) is 15.4 Å². The van der Waals surface area contributed by atoms with Gasteiger partial charge in [-0.2, -0.15) is 32.2 Å². The summed E-state index contributed by atoms with van der Waals surface area (Å²) >= 11 is 0. The minimum atomic E-state index is -4.57. The Hall–Kier alpha value is -3.38. The Morgan fingerprint density at radius 3 is 2.16 bits per heavy atom. The number of aromatic nitrogens is 3. The van der Waals surface area contributed by atoms with E-state index in [1.165, 1.54) is 24.3 Å². The molecule has 0 spiro atoms. The zero-order valence-electron chi connectivity index (χ0n) is 15.7. The fourth-order valence-electron chi connectivity index (χ4n) is 3.13. The van der Waals surface area contributed by atoms with Crippen LogP contribution in [0.2, 0.25) is 0 Å². The molecule has 0 aliphatic heterocycles. The Morgan fingerprint density at radius 1 is 0.742 bits per heavy atom. The number of rotatable bonds is 5. The van der Waals surface area contributed by atoms with Crippen LogP contribution in [0.4, 0.5) is 0 Å². The molecule has 0 radical (unpaired) electrons. The van der Waals surface area contributed by atoms with Gasteiger partial charge in [0, 0.05) is 11.1 Å². The second-order valence-electron chi connectivity index (χ2n) is 6.61. The molecule has 0 saturated carbocycles. The van der Waals surface area contributed by atoms with Crippen molar-refractivity contribution in [1.82, 2.24) is 15.4 Å². The third-order valence-electron chi connectivity index (χ3n) is 4.54. The number of hydrogen-bond donors (Lipinski definition) is 3. The lowest BCUT2D eigenvalue weighted by molar-refractivity contribution is 0.481. The van der Waals surface area contributed by atoms with Crippen LogP contribution in [0.25, 0.3) is 34.3 Å². The standard InChI is InChI=1S/C20H15N3O6S2/c24-30(25,26)15-4-1-3-13(11-15)7-8-14-9-10-16(19(12-14)31(27,28)29)17-5-2-6-18-20(17)22-23-21-18/h1-12H,(H,21,22,23)(H,24,25,26)(H,27,28,29)/b8-7+. The van der Waals surface area contributed by atoms with Crippen molar-refractivity contribution in [3.8, 4) is 11.1 Å². The molecule has 11 heteroatoms. The lowest BCUT2D eigenvalue weighted by atomic mass is 10.0. The molecule has 0 amide bonds. The van der Waals surface area contributed by atoms with E-state index < -0.39 is 20.2 Å². The van der Waals surface area contributed by atoms with Crippen molar-refractivity contribution < 1.29 is 25.9 Å². The van der Waals surface area contributed by atoms with E-state index in [1.807, 2.05) is 0 Å². The number of nitrogens with zero attached hydrogens (tertiary/aromatic N) is 2. The van der Waals surface area contributed by atoms with Crippen LogP contribution in [-0.4, -0.2) is 41.4 Å². The first-order chi connectivity index (χ1) is 14.6. The summed E-state index contributed by atoms with van der Waals surface area (Å²) in [6.45, 7) is 0. The number of H-pyrrole nitrogens is 1. The maximum Gasteiger partial charge on any atom is 0.295 e. The van der Waals surface area contributed by atoms with Crippen molar-refractivity contribution in [2.45, 2.75) is 9.79 Å². The van der Waals surface area contributed by atoms with Crippen LogP contribution in [-0.2, 0) is 20.2 Å². The van der Waals surface area contributed by atoms with Crippen LogP contribution >= 0.6 is 0 Å². The molecule has 31 heavy (non-hydrogen) atoms. The van der Waals surface area contributed by atoms with E-state index >= 15 is 0 Å². The molecule has 0 saturated heterocycles. The highest BCUT2D eigenvalue weighted by molar-refractivity contribution is 7.86. The van der Waals surface area contributed by atoms with Crippen LogP contribution in [0.15, 0.2) is 70.5 Å². The maximum atomic E-state index is 12.1. The van der Waals surface area contributed by atoms with Gasteiger partial charge in [-0.05, 0) is 35.4 Å². The summed E-state index contributed by atoms with van der Waals surface area (Å²) in [5, 5.41) is 10.5. The van der Waals surface area contributed by atoms with Crippen molar-refractivity contribution in [1.29, 1.82) is 0 Å². The largest absolute Gasteiger partial charge is 0.295 e. The van der Waals surface area contributed by atoms with Crippen molar-refractivity contribution >= 4 is 43.4 Å². The predicted molar refractivity (Wildman–Crippen MR) is 114 cm³/mol. The summed E-state index contributed by atoms with van der Waals surface area (Å²) < 4.78 is 65.7. The van der Waals surface area contributed by atoms with Crippen molar-refractivity contribution in [3.05, 3.63) is 71.8 Å². The first-order valence-electron chi connectivity index (χ1n) is 8.80. The third-order valence-corrected chi connectivity index (χ3v) is 6.29. The minimum absolute atomic E-state index is 0.257. The Balaban J connectivity index is 1.79. The molecule has 0 aliphatic rings. The highest BCUT2D eigenvalue weighted by atomic mass is 32.2. The highest BCUT2D eigenvalue weighted by Crippen LogP contribution is 2.32. The first-order valence-corrected chi connectivity index (χ1v) is 11.7. The van der Waals surface area contributed by atoms with Crippen LogP contribution in [0.3, 0.4) is 0 Å². The Bertz CT molecular complexity index is 1540. The van der Waals surface area contributed by atoms with Gasteiger partial charge in [0.2, 0.25) is 0 Å². The average Bonchev–Trinajstić information content (AvgIpc) is 3.20. The van der Waals surface area contributed by atoms with Crippen LogP contribution < -0.4 is 0 Å². The van der Waals surface area contributed by atoms with E-state index in [2.05, 4.69) is 15.4 Å². The van der Waals surface area contributed by atoms with Gasteiger partial charge in [0.05, 0.1) is 4.90 Å². The number of fused-ring (bicyclic) bond motifs is 1. The number of nitrogens with one attached hydrogen (secondary N) is 1. The molecule has 4 rings (SSSR count). The first kappa shape index (κ1) is 20.9. The lowest BCUT2D eigenvalue weighted by Crippen LogP contribution is -2.01. The van der Waals surface area contributed by atoms with E-state index in [0.717, 1.165) is 0 Å². The molecule has 1 aromatic heterocycles. The van der Waals surface area contributed by atoms with Crippen LogP contribution in [0, 0.1) is 0 Å². The highest BCUT2D eigenvalue weighted by Gasteiger charge is 2.19. The Kier molecular flexibility index (Phi) is 5.19. The monoisotopic (exact) mass is 457 g/mol. The quantitative estimate of drug-likeness (QED) is 0.305. The molecule has 1 heterocycles. The molecule has 0 aliphatic carbocycles. The SMILES string of the molecule is O=S(=O)(O)c1cccc(/C=C/c2ccc(-c3cccc4n[nH]nc34)c(S(=O)(=O)O)c2)c1. The van der Waals surface area contributed by atoms with Gasteiger partial charge in [-0.25, -0.2) is 0 Å². The molecule has 4 aromatic rings. The Labute approximate surface area is 177 Å². The van der Waals surface area contributed by atoms with E-state index in [1.54, 1.807) is 48.6 Å². The molecule has 0 fully saturated rings. The molecule has 0 bridgehead atoms. The zero-order valence-corrected chi connectivity index (χ0v) is 17.3.